The Morgan fingerprint density at radius 3 is 1.10 bits per heavy atom. The maximum absolute atomic E-state index is 2.58. The molecule has 63 heavy (non-hydrogen) atoms. The van der Waals surface area contributed by atoms with Crippen LogP contribution in [-0.2, 0) is 34.1 Å². The summed E-state index contributed by atoms with van der Waals surface area (Å²) in [4.78, 5) is 5.45. The van der Waals surface area contributed by atoms with Crippen molar-refractivity contribution in [1.82, 2.24) is 0 Å². The molecule has 0 radical (unpaired) electrons. The molecule has 8 aromatic rings. The molecule has 0 bridgehead atoms. The first-order valence-electron chi connectivity index (χ1n) is 21.5. The van der Waals surface area contributed by atoms with Gasteiger partial charge in [0.2, 0.25) is 0 Å². The number of benzene rings is 6. The maximum atomic E-state index is 2.58. The third-order valence-electron chi connectivity index (χ3n) is 12.5. The first-order valence-corrected chi connectivity index (χ1v) is 25.9. The molecule has 2 aliphatic carbocycles. The van der Waals surface area contributed by atoms with Gasteiger partial charge in [-0.05, 0) is 0 Å². The van der Waals surface area contributed by atoms with Gasteiger partial charge in [0, 0.05) is 0 Å². The Balaban J connectivity index is 0.00000272. The van der Waals surface area contributed by atoms with Crippen LogP contribution in [0, 0.1) is 0 Å². The van der Waals surface area contributed by atoms with E-state index in [0.717, 1.165) is 0 Å². The number of halogens is 2. The number of hydrogen-bond acceptors (Lipinski definition) is 2. The monoisotopic (exact) mass is 970 g/mol. The van der Waals surface area contributed by atoms with Gasteiger partial charge in [-0.2, -0.15) is 0 Å². The van der Waals surface area contributed by atoms with E-state index in [1.54, 1.807) is 0 Å². The van der Waals surface area contributed by atoms with Crippen molar-refractivity contribution in [2.75, 3.05) is 0 Å². The van der Waals surface area contributed by atoms with Gasteiger partial charge in [-0.25, -0.2) is 0 Å². The van der Waals surface area contributed by atoms with Gasteiger partial charge >= 0.3 is 385 Å². The van der Waals surface area contributed by atoms with Gasteiger partial charge in [0.15, 0.2) is 0 Å². The summed E-state index contributed by atoms with van der Waals surface area (Å²) in [7, 11) is 0. The SMILES string of the molecule is CC(C)(C)c1ccc(-c2cccc3c2C=C(c2ccc(-c4ccccc4)s2)[CH]3[Zr+2][CH]2C(c3ccc(-c4ccccc4)s3)=Cc3c(-c4ccc(C(C)(C)C)cc4)cccc32)cc1.[Cl-].[Cl-]. The minimum Gasteiger partial charge on any atom is -1.00 e. The van der Waals surface area contributed by atoms with E-state index in [4.69, 9.17) is 0 Å². The predicted molar refractivity (Wildman–Crippen MR) is 262 cm³/mol. The molecule has 2 aliphatic rings. The average Bonchev–Trinajstić information content (AvgIpc) is 4.10. The Hall–Kier alpha value is -4.34. The molecule has 5 heteroatoms. The zero-order chi connectivity index (χ0) is 41.9. The second kappa shape index (κ2) is 18.3. The Labute approximate surface area is 406 Å². The van der Waals surface area contributed by atoms with Crippen molar-refractivity contribution in [2.24, 2.45) is 0 Å². The number of thiophene rings is 2. The zero-order valence-electron chi connectivity index (χ0n) is 36.5. The minimum atomic E-state index is -1.33. The molecule has 2 heterocycles. The van der Waals surface area contributed by atoms with E-state index >= 15 is 0 Å². The fraction of sp³-hybridized carbons (Fsp3) is 0.172. The summed E-state index contributed by atoms with van der Waals surface area (Å²) in [5.74, 6) is 0. The molecule has 6 aromatic carbocycles. The predicted octanol–water partition coefficient (Wildman–Crippen LogP) is 11.1. The van der Waals surface area contributed by atoms with Crippen molar-refractivity contribution in [3.8, 4) is 43.1 Å². The van der Waals surface area contributed by atoms with Gasteiger partial charge in [-0.3, -0.25) is 0 Å². The van der Waals surface area contributed by atoms with Crippen molar-refractivity contribution in [2.45, 2.75) is 59.6 Å². The van der Waals surface area contributed by atoms with Crippen molar-refractivity contribution in [3.63, 3.8) is 0 Å². The Morgan fingerprint density at radius 1 is 0.365 bits per heavy atom. The van der Waals surface area contributed by atoms with E-state index in [1.807, 2.05) is 22.7 Å². The molecule has 0 spiro atoms. The summed E-state index contributed by atoms with van der Waals surface area (Å²) in [6.07, 6.45) is 5.17. The molecule has 312 valence electrons. The molecule has 0 saturated carbocycles. The molecule has 2 atom stereocenters. The average molecular weight is 973 g/mol. The number of hydrogen-bond donors (Lipinski definition) is 0. The van der Waals surface area contributed by atoms with Crippen LogP contribution < -0.4 is 24.8 Å². The van der Waals surface area contributed by atoms with E-state index in [2.05, 4.69) is 224 Å². The first-order chi connectivity index (χ1) is 29.5. The standard InChI is InChI=1S/2C29H25S.2ClH.Zr/c2*1-29(2,3)24-14-12-20(13-15-24)25-11-7-10-22-18-23(19-26(22)25)28-17-16-27(30-28)21-8-5-4-6-9-21;;;/h2*4-19H,1-3H3;2*1H;/q;;;;+2/p-2. The van der Waals surface area contributed by atoms with Crippen LogP contribution in [0.5, 0.6) is 0 Å². The maximum Gasteiger partial charge on any atom is -1.00 e. The fourth-order valence-corrected chi connectivity index (χ4v) is 16.7. The van der Waals surface area contributed by atoms with Crippen molar-refractivity contribution < 1.29 is 48.0 Å². The summed E-state index contributed by atoms with van der Waals surface area (Å²) in [5, 5.41) is 0. The molecule has 2 aromatic heterocycles. The summed E-state index contributed by atoms with van der Waals surface area (Å²) in [6, 6.07) is 64.3. The normalized spacial score (nSPS) is 15.3. The largest absolute Gasteiger partial charge is 1.00 e. The van der Waals surface area contributed by atoms with Gasteiger partial charge in [0.1, 0.15) is 0 Å². The molecule has 0 N–H and O–H groups in total. The van der Waals surface area contributed by atoms with Crippen LogP contribution in [0.15, 0.2) is 170 Å². The van der Waals surface area contributed by atoms with Crippen LogP contribution in [0.25, 0.3) is 66.4 Å². The first kappa shape index (κ1) is 45.2. The topological polar surface area (TPSA) is 0 Å². The second-order valence-electron chi connectivity index (χ2n) is 18.6. The van der Waals surface area contributed by atoms with E-state index in [1.165, 1.54) is 97.4 Å². The molecule has 2 unspecified atom stereocenters. The van der Waals surface area contributed by atoms with Crippen molar-refractivity contribution in [3.05, 3.63) is 213 Å². The second-order valence-corrected chi connectivity index (χ2v) is 24.4. The quantitative estimate of drug-likeness (QED) is 0.142. The van der Waals surface area contributed by atoms with E-state index in [9.17, 15) is 0 Å². The summed E-state index contributed by atoms with van der Waals surface area (Å²) in [6.45, 7) is 13.8. The van der Waals surface area contributed by atoms with E-state index in [0.29, 0.717) is 7.25 Å². The van der Waals surface area contributed by atoms with Crippen LogP contribution >= 0.6 is 22.7 Å². The molecular formula is C58H50Cl2S2Zr. The molecule has 10 rings (SSSR count). The molecule has 0 amide bonds. The summed E-state index contributed by atoms with van der Waals surface area (Å²) >= 11 is 2.58. The molecular weight excluding hydrogens is 923 g/mol. The van der Waals surface area contributed by atoms with Crippen molar-refractivity contribution in [1.29, 1.82) is 0 Å². The van der Waals surface area contributed by atoms with Gasteiger partial charge in [0.05, 0.1) is 0 Å². The van der Waals surface area contributed by atoms with Gasteiger partial charge < -0.3 is 24.8 Å². The van der Waals surface area contributed by atoms with Crippen LogP contribution in [0.3, 0.4) is 0 Å². The van der Waals surface area contributed by atoms with Gasteiger partial charge in [-0.1, -0.05) is 0 Å². The van der Waals surface area contributed by atoms with E-state index in [-0.39, 0.29) is 35.6 Å². The van der Waals surface area contributed by atoms with Crippen molar-refractivity contribution >= 4 is 46.0 Å². The summed E-state index contributed by atoms with van der Waals surface area (Å²) < 4.78 is 0.773. The smallest absolute Gasteiger partial charge is 1.00 e. The van der Waals surface area contributed by atoms with Crippen LogP contribution in [-0.4, -0.2) is 0 Å². The molecule has 0 aliphatic heterocycles. The third kappa shape index (κ3) is 8.90. The third-order valence-corrected chi connectivity index (χ3v) is 19.5. The Bertz CT molecular complexity index is 2740. The fourth-order valence-electron chi connectivity index (χ4n) is 9.06. The minimum absolute atomic E-state index is 0. The Kier molecular flexibility index (Phi) is 13.1. The number of allylic oxidation sites excluding steroid dienone is 2. The summed E-state index contributed by atoms with van der Waals surface area (Å²) in [5.41, 5.74) is 19.6. The van der Waals surface area contributed by atoms with Crippen LogP contribution in [0.1, 0.15) is 91.9 Å². The van der Waals surface area contributed by atoms with Gasteiger partial charge in [0.25, 0.3) is 0 Å². The number of fused-ring (bicyclic) bond motifs is 2. The molecule has 0 saturated heterocycles. The zero-order valence-corrected chi connectivity index (χ0v) is 42.2. The molecule has 0 nitrogen and oxygen atoms in total. The Morgan fingerprint density at radius 2 is 0.730 bits per heavy atom. The number of rotatable bonds is 8. The molecule has 0 fully saturated rings. The van der Waals surface area contributed by atoms with Crippen LogP contribution in [0.2, 0.25) is 0 Å². The van der Waals surface area contributed by atoms with E-state index < -0.39 is 23.2 Å². The van der Waals surface area contributed by atoms with Crippen LogP contribution in [0.4, 0.5) is 0 Å². The van der Waals surface area contributed by atoms with Gasteiger partial charge in [-0.15, -0.1) is 0 Å².